The largest absolute Gasteiger partial charge is 0.466 e. The highest BCUT2D eigenvalue weighted by Crippen LogP contribution is 2.56. The highest BCUT2D eigenvalue weighted by Gasteiger charge is 2.58. The Bertz CT molecular complexity index is 786. The molecule has 0 unspecified atom stereocenters. The summed E-state index contributed by atoms with van der Waals surface area (Å²) in [6.45, 7) is 9.72. The third kappa shape index (κ3) is 5.75. The Hall–Kier alpha value is -1.99. The summed E-state index contributed by atoms with van der Waals surface area (Å²) in [7, 11) is 1.27. The van der Waals surface area contributed by atoms with Gasteiger partial charge in [0.05, 0.1) is 19.6 Å². The van der Waals surface area contributed by atoms with E-state index >= 15 is 0 Å². The van der Waals surface area contributed by atoms with Gasteiger partial charge in [-0.05, 0) is 37.0 Å². The van der Waals surface area contributed by atoms with Crippen molar-refractivity contribution in [3.63, 3.8) is 0 Å². The summed E-state index contributed by atoms with van der Waals surface area (Å²) in [5.74, 6) is -1.16. The smallest absolute Gasteiger partial charge is 0.330 e. The Morgan fingerprint density at radius 3 is 2.52 bits per heavy atom. The molecular weight excluding hydrogens is 424 g/mol. The van der Waals surface area contributed by atoms with Crippen molar-refractivity contribution in [2.75, 3.05) is 13.7 Å². The Kier molecular flexibility index (Phi) is 9.44. The molecule has 1 fully saturated rings. The molecule has 2 aliphatic carbocycles. The molecule has 0 aromatic heterocycles. The second-order valence-corrected chi connectivity index (χ2v) is 10.0. The molecule has 8 atom stereocenters. The summed E-state index contributed by atoms with van der Waals surface area (Å²) in [5, 5.41) is 20.7. The van der Waals surface area contributed by atoms with E-state index in [0.29, 0.717) is 12.0 Å². The van der Waals surface area contributed by atoms with Crippen LogP contribution in [0.3, 0.4) is 0 Å². The van der Waals surface area contributed by atoms with Crippen LogP contribution in [-0.4, -0.2) is 53.9 Å². The maximum absolute atomic E-state index is 13.3. The van der Waals surface area contributed by atoms with Gasteiger partial charge in [0, 0.05) is 30.4 Å². The number of esters is 2. The molecule has 0 spiro atoms. The number of fused-ring (bicyclic) bond motifs is 1. The van der Waals surface area contributed by atoms with Crippen LogP contribution in [0.1, 0.15) is 60.3 Å². The first-order chi connectivity index (χ1) is 15.5. The summed E-state index contributed by atoms with van der Waals surface area (Å²) >= 11 is 0. The monoisotopic (exact) mass is 464 g/mol. The first-order valence-electron chi connectivity index (χ1n) is 12.0. The number of aliphatic hydroxyl groups excluding tert-OH is 2. The number of ether oxygens (including phenoxy) is 2. The van der Waals surface area contributed by atoms with Crippen molar-refractivity contribution >= 4 is 17.7 Å². The van der Waals surface area contributed by atoms with E-state index < -0.39 is 29.6 Å². The second kappa shape index (κ2) is 11.4. The number of hydrogen-bond donors (Lipinski definition) is 2. The molecule has 7 heteroatoms. The van der Waals surface area contributed by atoms with Gasteiger partial charge >= 0.3 is 11.9 Å². The molecule has 0 radical (unpaired) electrons. The topological polar surface area (TPSA) is 110 Å². The molecule has 0 aliphatic heterocycles. The van der Waals surface area contributed by atoms with Crippen LogP contribution in [0.4, 0.5) is 0 Å². The predicted octanol–water partition coefficient (Wildman–Crippen LogP) is 3.23. The average molecular weight is 465 g/mol. The molecule has 33 heavy (non-hydrogen) atoms. The van der Waals surface area contributed by atoms with E-state index in [4.69, 9.17) is 4.74 Å². The second-order valence-electron chi connectivity index (χ2n) is 10.0. The van der Waals surface area contributed by atoms with Crippen LogP contribution >= 0.6 is 0 Å². The quantitative estimate of drug-likeness (QED) is 0.306. The number of carbonyl (C=O) groups excluding carboxylic acids is 3. The van der Waals surface area contributed by atoms with Crippen molar-refractivity contribution in [1.29, 1.82) is 0 Å². The van der Waals surface area contributed by atoms with Crippen molar-refractivity contribution in [1.82, 2.24) is 0 Å². The minimum Gasteiger partial charge on any atom is -0.466 e. The molecule has 0 saturated heterocycles. The summed E-state index contributed by atoms with van der Waals surface area (Å²) in [4.78, 5) is 37.2. The minimum atomic E-state index is -0.935. The van der Waals surface area contributed by atoms with Crippen molar-refractivity contribution < 1.29 is 34.1 Å². The van der Waals surface area contributed by atoms with Gasteiger partial charge in [0.25, 0.3) is 0 Å². The van der Waals surface area contributed by atoms with Crippen LogP contribution in [0.5, 0.6) is 0 Å². The van der Waals surface area contributed by atoms with Crippen molar-refractivity contribution in [2.24, 2.45) is 35.0 Å². The van der Waals surface area contributed by atoms with Crippen molar-refractivity contribution in [3.05, 3.63) is 23.8 Å². The van der Waals surface area contributed by atoms with Crippen molar-refractivity contribution in [2.45, 2.75) is 72.5 Å². The lowest BCUT2D eigenvalue weighted by Gasteiger charge is -2.55. The molecule has 0 heterocycles. The number of Topliss-reactive ketones (excluding diaryl/α,β-unsaturated/α-hetero) is 1. The molecule has 0 aromatic carbocycles. The lowest BCUT2D eigenvalue weighted by molar-refractivity contribution is -0.175. The highest BCUT2D eigenvalue weighted by atomic mass is 16.6. The average Bonchev–Trinajstić information content (AvgIpc) is 2.76. The van der Waals surface area contributed by atoms with Crippen molar-refractivity contribution in [3.8, 4) is 0 Å². The zero-order chi connectivity index (χ0) is 24.9. The van der Waals surface area contributed by atoms with Crippen LogP contribution in [0, 0.1) is 35.0 Å². The third-order valence-electron chi connectivity index (χ3n) is 7.80. The Balaban J connectivity index is 2.28. The number of aliphatic hydroxyl groups is 2. The van der Waals surface area contributed by atoms with E-state index in [0.717, 1.165) is 6.42 Å². The van der Waals surface area contributed by atoms with E-state index in [1.807, 2.05) is 26.0 Å². The zero-order valence-electron chi connectivity index (χ0n) is 20.7. The van der Waals surface area contributed by atoms with E-state index in [1.54, 1.807) is 6.92 Å². The molecule has 186 valence electrons. The summed E-state index contributed by atoms with van der Waals surface area (Å²) < 4.78 is 10.2. The highest BCUT2D eigenvalue weighted by molar-refractivity contribution is 5.86. The van der Waals surface area contributed by atoms with E-state index in [2.05, 4.69) is 18.6 Å². The zero-order valence-corrected chi connectivity index (χ0v) is 20.7. The van der Waals surface area contributed by atoms with Gasteiger partial charge in [0.2, 0.25) is 0 Å². The minimum absolute atomic E-state index is 0.0164. The van der Waals surface area contributed by atoms with E-state index in [1.165, 1.54) is 13.2 Å². The number of ketones is 1. The fraction of sp³-hybridized carbons (Fsp3) is 0.731. The first-order valence-corrected chi connectivity index (χ1v) is 12.0. The normalized spacial score (nSPS) is 34.8. The molecule has 2 aliphatic rings. The SMILES string of the molecule is CC[C@@H](C)[C@H]1C=C[C@H]2[C@H](O)[C@H](OC(=O)C/C(C)=C/C(=O)OC)C[C@@H](C)[C@@H]2[C@@]1(C)C(=O)CCO. The van der Waals surface area contributed by atoms with Crippen LogP contribution in [0.25, 0.3) is 0 Å². The van der Waals surface area contributed by atoms with Gasteiger partial charge in [-0.3, -0.25) is 9.59 Å². The maximum atomic E-state index is 13.3. The van der Waals surface area contributed by atoms with Gasteiger partial charge in [-0.2, -0.15) is 0 Å². The number of allylic oxidation sites excluding steroid dienone is 1. The molecular formula is C26H40O7. The van der Waals surface area contributed by atoms with Gasteiger partial charge in [0.1, 0.15) is 11.9 Å². The number of methoxy groups -OCH3 is 1. The Labute approximate surface area is 197 Å². The molecule has 0 amide bonds. The van der Waals surface area contributed by atoms with Gasteiger partial charge in [0.15, 0.2) is 0 Å². The molecule has 2 rings (SSSR count). The lowest BCUT2D eigenvalue weighted by Crippen LogP contribution is -2.58. The standard InChI is InChI=1S/C26H40O7/c1-7-16(3)19-9-8-18-24(26(19,5)21(28)10-11-27)17(4)14-20(25(18)31)33-23(30)13-15(2)12-22(29)32-6/h8-9,12,16-20,24-25,27,31H,7,10-11,13-14H2,1-6H3/b15-12+/t16-,17-,18-,19-,20-,24+,25+,26-/m1/s1. The fourth-order valence-corrected chi connectivity index (χ4v) is 6.03. The van der Waals surface area contributed by atoms with Gasteiger partial charge < -0.3 is 19.7 Å². The van der Waals surface area contributed by atoms with Crippen LogP contribution in [-0.2, 0) is 23.9 Å². The van der Waals surface area contributed by atoms with Crippen LogP contribution in [0.15, 0.2) is 23.8 Å². The number of rotatable bonds is 9. The third-order valence-corrected chi connectivity index (χ3v) is 7.80. The molecule has 0 bridgehead atoms. The lowest BCUT2D eigenvalue weighted by atomic mass is 9.49. The Morgan fingerprint density at radius 1 is 1.27 bits per heavy atom. The molecule has 1 saturated carbocycles. The summed E-state index contributed by atoms with van der Waals surface area (Å²) in [6.07, 6.45) is 5.05. The van der Waals surface area contributed by atoms with Gasteiger partial charge in [-0.1, -0.05) is 51.8 Å². The number of hydrogen-bond acceptors (Lipinski definition) is 7. The van der Waals surface area contributed by atoms with Crippen LogP contribution < -0.4 is 0 Å². The van der Waals surface area contributed by atoms with Crippen LogP contribution in [0.2, 0.25) is 0 Å². The maximum Gasteiger partial charge on any atom is 0.330 e. The van der Waals surface area contributed by atoms with Gasteiger partial charge in [-0.25, -0.2) is 4.79 Å². The molecule has 2 N–H and O–H groups in total. The summed E-state index contributed by atoms with van der Waals surface area (Å²) in [6, 6.07) is 0. The van der Waals surface area contributed by atoms with E-state index in [9.17, 15) is 24.6 Å². The fourth-order valence-electron chi connectivity index (χ4n) is 6.03. The van der Waals surface area contributed by atoms with Gasteiger partial charge in [-0.15, -0.1) is 0 Å². The first kappa shape index (κ1) is 27.3. The number of carbonyl (C=O) groups is 3. The Morgan fingerprint density at radius 2 is 1.94 bits per heavy atom. The summed E-state index contributed by atoms with van der Waals surface area (Å²) in [5.41, 5.74) is -0.202. The molecule has 7 nitrogen and oxygen atoms in total. The predicted molar refractivity (Wildman–Crippen MR) is 124 cm³/mol. The van der Waals surface area contributed by atoms with E-state index in [-0.39, 0.29) is 54.8 Å². The molecule has 0 aromatic rings.